The Balaban J connectivity index is 1.35. The summed E-state index contributed by atoms with van der Waals surface area (Å²) in [6, 6.07) is 14.0. The molecule has 4 rings (SSSR count). The van der Waals surface area contributed by atoms with Gasteiger partial charge in [-0.25, -0.2) is 13.1 Å². The van der Waals surface area contributed by atoms with E-state index >= 15 is 0 Å². The van der Waals surface area contributed by atoms with Crippen molar-refractivity contribution in [3.05, 3.63) is 60.3 Å². The van der Waals surface area contributed by atoms with E-state index in [9.17, 15) is 13.5 Å². The monoisotopic (exact) mass is 486 g/mol. The number of aryl methyl sites for hydroxylation is 2. The first-order chi connectivity index (χ1) is 16.4. The third-order valence-electron chi connectivity index (χ3n) is 6.09. The van der Waals surface area contributed by atoms with E-state index in [0.717, 1.165) is 17.0 Å². The summed E-state index contributed by atoms with van der Waals surface area (Å²) in [5.41, 5.74) is 2.26. The number of aliphatic hydroxyl groups is 1. The average molecular weight is 487 g/mol. The van der Waals surface area contributed by atoms with Crippen molar-refractivity contribution < 1.29 is 23.0 Å². The van der Waals surface area contributed by atoms with E-state index in [4.69, 9.17) is 9.47 Å². The van der Waals surface area contributed by atoms with Crippen LogP contribution in [0.3, 0.4) is 0 Å². The highest BCUT2D eigenvalue weighted by molar-refractivity contribution is 7.89. The maximum Gasteiger partial charge on any atom is 0.241 e. The van der Waals surface area contributed by atoms with E-state index in [1.165, 1.54) is 0 Å². The van der Waals surface area contributed by atoms with Gasteiger partial charge in [0.15, 0.2) is 0 Å². The number of benzene rings is 2. The molecule has 0 amide bonds. The van der Waals surface area contributed by atoms with Crippen molar-refractivity contribution in [3.63, 3.8) is 0 Å². The maximum atomic E-state index is 12.9. The van der Waals surface area contributed by atoms with Gasteiger partial charge in [-0.2, -0.15) is 0 Å². The van der Waals surface area contributed by atoms with Gasteiger partial charge >= 0.3 is 0 Å². The molecule has 0 aliphatic carbocycles. The van der Waals surface area contributed by atoms with E-state index in [1.54, 1.807) is 43.0 Å². The molecule has 1 saturated heterocycles. The molecular formula is C24H30N4O5S. The topological polar surface area (TPSA) is 116 Å². The van der Waals surface area contributed by atoms with Gasteiger partial charge in [-0.3, -0.25) is 4.68 Å². The number of nitrogens with one attached hydrogen (secondary N) is 1. The van der Waals surface area contributed by atoms with Gasteiger partial charge in [0.1, 0.15) is 11.4 Å². The van der Waals surface area contributed by atoms with Crippen LogP contribution in [0.4, 0.5) is 0 Å². The number of rotatable bonds is 9. The number of ether oxygens (including phenoxy) is 2. The van der Waals surface area contributed by atoms with Gasteiger partial charge in [0.2, 0.25) is 10.0 Å². The smallest absolute Gasteiger partial charge is 0.241 e. The van der Waals surface area contributed by atoms with E-state index < -0.39 is 22.2 Å². The van der Waals surface area contributed by atoms with E-state index in [1.807, 2.05) is 30.5 Å². The number of hydrogen-bond donors (Lipinski definition) is 2. The number of aromatic nitrogens is 3. The van der Waals surface area contributed by atoms with Crippen LogP contribution in [0.2, 0.25) is 0 Å². The standard InChI is InChI=1S/C24H30N4O5S/c1-17-7-3-6-10-24(17)34(30,31)26-20-12-11-18(33-23(20)16-29)13-14-28-15-21(25-27-28)19-8-4-5-9-22(19)32-2/h3-10,15,18,20,23,26,29H,11-14,16H2,1-2H3/t18-,20+,23+/m0/s1. The summed E-state index contributed by atoms with van der Waals surface area (Å²) in [6.45, 7) is 2.08. The van der Waals surface area contributed by atoms with Gasteiger partial charge in [-0.1, -0.05) is 35.5 Å². The fraction of sp³-hybridized carbons (Fsp3) is 0.417. The Morgan fingerprint density at radius 1 is 1.18 bits per heavy atom. The van der Waals surface area contributed by atoms with Gasteiger partial charge in [-0.15, -0.1) is 5.10 Å². The predicted octanol–water partition coefficient (Wildman–Crippen LogP) is 2.54. The molecule has 10 heteroatoms. The molecule has 2 N–H and O–H groups in total. The lowest BCUT2D eigenvalue weighted by Crippen LogP contribution is -2.51. The van der Waals surface area contributed by atoms with Crippen LogP contribution in [0.25, 0.3) is 11.3 Å². The lowest BCUT2D eigenvalue weighted by molar-refractivity contribution is -0.0891. The molecule has 2 aromatic carbocycles. The second kappa shape index (κ2) is 10.6. The quantitative estimate of drug-likeness (QED) is 0.478. The zero-order chi connectivity index (χ0) is 24.1. The summed E-state index contributed by atoms with van der Waals surface area (Å²) in [6.07, 6.45) is 3.05. The summed E-state index contributed by atoms with van der Waals surface area (Å²) < 4.78 is 41.7. The molecule has 3 aromatic rings. The van der Waals surface area contributed by atoms with Crippen LogP contribution in [-0.4, -0.2) is 60.5 Å². The highest BCUT2D eigenvalue weighted by Crippen LogP contribution is 2.28. The molecule has 1 aliphatic rings. The number of nitrogens with zero attached hydrogens (tertiary/aromatic N) is 3. The first-order valence-electron chi connectivity index (χ1n) is 11.3. The normalized spacial score (nSPS) is 20.9. The second-order valence-corrected chi connectivity index (χ2v) is 10.1. The Hall–Kier alpha value is -2.79. The number of aliphatic hydroxyl groups excluding tert-OH is 1. The van der Waals surface area contributed by atoms with Gasteiger partial charge in [0.25, 0.3) is 0 Å². The van der Waals surface area contributed by atoms with E-state index in [-0.39, 0.29) is 17.6 Å². The van der Waals surface area contributed by atoms with Crippen LogP contribution in [-0.2, 0) is 21.3 Å². The van der Waals surface area contributed by atoms with Crippen molar-refractivity contribution in [2.45, 2.75) is 55.9 Å². The highest BCUT2D eigenvalue weighted by Gasteiger charge is 2.34. The summed E-state index contributed by atoms with van der Waals surface area (Å²) >= 11 is 0. The highest BCUT2D eigenvalue weighted by atomic mass is 32.2. The summed E-state index contributed by atoms with van der Waals surface area (Å²) in [5, 5.41) is 18.3. The van der Waals surface area contributed by atoms with Crippen molar-refractivity contribution >= 4 is 10.0 Å². The molecule has 0 bridgehead atoms. The van der Waals surface area contributed by atoms with Crippen molar-refractivity contribution in [1.29, 1.82) is 0 Å². The third-order valence-corrected chi connectivity index (χ3v) is 7.74. The van der Waals surface area contributed by atoms with E-state index in [2.05, 4.69) is 15.0 Å². The minimum Gasteiger partial charge on any atom is -0.496 e. The molecule has 2 heterocycles. The largest absolute Gasteiger partial charge is 0.496 e. The number of para-hydroxylation sites is 1. The maximum absolute atomic E-state index is 12.9. The third kappa shape index (κ3) is 5.47. The molecule has 0 unspecified atom stereocenters. The lowest BCUT2D eigenvalue weighted by Gasteiger charge is -2.36. The van der Waals surface area contributed by atoms with Crippen LogP contribution >= 0.6 is 0 Å². The van der Waals surface area contributed by atoms with Gasteiger partial charge in [-0.05, 0) is 49.9 Å². The molecule has 9 nitrogen and oxygen atoms in total. The summed E-state index contributed by atoms with van der Waals surface area (Å²) in [4.78, 5) is 0.242. The molecule has 0 radical (unpaired) electrons. The fourth-order valence-electron chi connectivity index (χ4n) is 4.26. The number of sulfonamides is 1. The van der Waals surface area contributed by atoms with Crippen LogP contribution < -0.4 is 9.46 Å². The minimum atomic E-state index is -3.71. The summed E-state index contributed by atoms with van der Waals surface area (Å²) in [7, 11) is -2.09. The number of methoxy groups -OCH3 is 1. The van der Waals surface area contributed by atoms with Gasteiger partial charge < -0.3 is 14.6 Å². The van der Waals surface area contributed by atoms with Crippen molar-refractivity contribution in [2.75, 3.05) is 13.7 Å². The molecule has 1 fully saturated rings. The first kappa shape index (κ1) is 24.3. The van der Waals surface area contributed by atoms with Crippen LogP contribution in [0, 0.1) is 6.92 Å². The Labute approximate surface area is 199 Å². The Morgan fingerprint density at radius 2 is 1.94 bits per heavy atom. The van der Waals surface area contributed by atoms with Gasteiger partial charge in [0.05, 0.1) is 43.1 Å². The van der Waals surface area contributed by atoms with Crippen LogP contribution in [0.1, 0.15) is 24.8 Å². The molecular weight excluding hydrogens is 456 g/mol. The molecule has 34 heavy (non-hydrogen) atoms. The first-order valence-corrected chi connectivity index (χ1v) is 12.8. The zero-order valence-electron chi connectivity index (χ0n) is 19.3. The average Bonchev–Trinajstić information content (AvgIpc) is 3.32. The summed E-state index contributed by atoms with van der Waals surface area (Å²) in [5.74, 6) is 0.732. The SMILES string of the molecule is COc1ccccc1-c1cn(CC[C@@H]2CC[C@@H](NS(=O)(=O)c3ccccc3C)[C@@H](CO)O2)nn1. The molecule has 0 spiro atoms. The molecule has 3 atom stereocenters. The lowest BCUT2D eigenvalue weighted by atomic mass is 9.98. The zero-order valence-corrected chi connectivity index (χ0v) is 20.1. The van der Waals surface area contributed by atoms with Crippen LogP contribution in [0.5, 0.6) is 5.75 Å². The van der Waals surface area contributed by atoms with E-state index in [0.29, 0.717) is 31.4 Å². The molecule has 1 aliphatic heterocycles. The molecule has 182 valence electrons. The van der Waals surface area contributed by atoms with Gasteiger partial charge in [0, 0.05) is 12.1 Å². The van der Waals surface area contributed by atoms with Crippen molar-refractivity contribution in [3.8, 4) is 17.0 Å². The molecule has 0 saturated carbocycles. The fourth-order valence-corrected chi connectivity index (χ4v) is 5.81. The Bertz CT molecular complexity index is 1210. The number of hydrogen-bond acceptors (Lipinski definition) is 7. The Kier molecular flexibility index (Phi) is 7.62. The predicted molar refractivity (Wildman–Crippen MR) is 127 cm³/mol. The minimum absolute atomic E-state index is 0.115. The van der Waals surface area contributed by atoms with Crippen molar-refractivity contribution in [1.82, 2.24) is 19.7 Å². The second-order valence-electron chi connectivity index (χ2n) is 8.41. The van der Waals surface area contributed by atoms with Crippen molar-refractivity contribution in [2.24, 2.45) is 0 Å². The van der Waals surface area contributed by atoms with Crippen LogP contribution in [0.15, 0.2) is 59.6 Å². The Morgan fingerprint density at radius 3 is 2.71 bits per heavy atom. The molecule has 1 aromatic heterocycles.